The van der Waals surface area contributed by atoms with Crippen molar-refractivity contribution in [3.63, 3.8) is 0 Å². The normalized spacial score (nSPS) is 14.6. The highest BCUT2D eigenvalue weighted by atomic mass is 35.5. The Balaban J connectivity index is 1.95. The van der Waals surface area contributed by atoms with Gasteiger partial charge in [0.2, 0.25) is 0 Å². The molecule has 0 aliphatic heterocycles. The fourth-order valence-corrected chi connectivity index (χ4v) is 2.10. The fourth-order valence-electron chi connectivity index (χ4n) is 1.91. The van der Waals surface area contributed by atoms with E-state index in [-0.39, 0.29) is 5.56 Å². The summed E-state index contributed by atoms with van der Waals surface area (Å²) < 4.78 is 1.52. The lowest BCUT2D eigenvalue weighted by molar-refractivity contribution is 0.534. The van der Waals surface area contributed by atoms with Crippen molar-refractivity contribution in [1.29, 1.82) is 0 Å². The molecule has 1 heterocycles. The van der Waals surface area contributed by atoms with Crippen molar-refractivity contribution in [3.05, 3.63) is 21.6 Å². The van der Waals surface area contributed by atoms with Crippen LogP contribution in [-0.4, -0.2) is 29.4 Å². The van der Waals surface area contributed by atoms with Gasteiger partial charge in [-0.25, -0.2) is 4.68 Å². The smallest absolute Gasteiger partial charge is 0.291 e. The van der Waals surface area contributed by atoms with Gasteiger partial charge in [0.1, 0.15) is 5.69 Å². The minimum atomic E-state index is -0.108. The first-order valence-corrected chi connectivity index (χ1v) is 7.30. The first kappa shape index (κ1) is 14.3. The zero-order chi connectivity index (χ0) is 13.7. The molecule has 1 aliphatic rings. The summed E-state index contributed by atoms with van der Waals surface area (Å²) in [6.45, 7) is 5.41. The SMILES string of the molecule is CCNCCCNc1c(Cl)cnn(CC2CC2)c1=O. The van der Waals surface area contributed by atoms with Crippen LogP contribution in [0.1, 0.15) is 26.2 Å². The van der Waals surface area contributed by atoms with E-state index in [2.05, 4.69) is 22.7 Å². The van der Waals surface area contributed by atoms with Gasteiger partial charge in [-0.1, -0.05) is 18.5 Å². The molecule has 0 saturated heterocycles. The second-order valence-corrected chi connectivity index (χ2v) is 5.34. The molecule has 1 aromatic heterocycles. The van der Waals surface area contributed by atoms with Crippen LogP contribution in [0.5, 0.6) is 0 Å². The maximum Gasteiger partial charge on any atom is 0.291 e. The molecule has 0 atom stereocenters. The molecule has 6 heteroatoms. The van der Waals surface area contributed by atoms with Gasteiger partial charge in [0.15, 0.2) is 0 Å². The summed E-state index contributed by atoms with van der Waals surface area (Å²) in [4.78, 5) is 12.2. The van der Waals surface area contributed by atoms with E-state index in [9.17, 15) is 4.79 Å². The van der Waals surface area contributed by atoms with Crippen LogP contribution >= 0.6 is 11.6 Å². The van der Waals surface area contributed by atoms with Crippen LogP contribution in [0.3, 0.4) is 0 Å². The largest absolute Gasteiger partial charge is 0.379 e. The van der Waals surface area contributed by atoms with Crippen molar-refractivity contribution in [2.24, 2.45) is 5.92 Å². The highest BCUT2D eigenvalue weighted by Crippen LogP contribution is 2.30. The number of aromatic nitrogens is 2. The average molecular weight is 285 g/mol. The molecule has 0 spiro atoms. The topological polar surface area (TPSA) is 59.0 Å². The molecule has 0 aromatic carbocycles. The van der Waals surface area contributed by atoms with E-state index in [1.807, 2.05) is 0 Å². The van der Waals surface area contributed by atoms with Gasteiger partial charge in [0.05, 0.1) is 11.2 Å². The van der Waals surface area contributed by atoms with Crippen LogP contribution in [0.4, 0.5) is 5.69 Å². The number of hydrogen-bond acceptors (Lipinski definition) is 4. The lowest BCUT2D eigenvalue weighted by atomic mass is 10.3. The number of rotatable bonds is 8. The van der Waals surface area contributed by atoms with E-state index in [1.165, 1.54) is 17.5 Å². The van der Waals surface area contributed by atoms with Crippen LogP contribution < -0.4 is 16.2 Å². The van der Waals surface area contributed by atoms with Gasteiger partial charge in [-0.05, 0) is 38.3 Å². The van der Waals surface area contributed by atoms with Gasteiger partial charge in [-0.2, -0.15) is 5.10 Å². The zero-order valence-corrected chi connectivity index (χ0v) is 12.0. The number of nitrogens with one attached hydrogen (secondary N) is 2. The van der Waals surface area contributed by atoms with Crippen molar-refractivity contribution in [1.82, 2.24) is 15.1 Å². The van der Waals surface area contributed by atoms with E-state index in [0.29, 0.717) is 23.2 Å². The van der Waals surface area contributed by atoms with Crippen molar-refractivity contribution < 1.29 is 0 Å². The molecular weight excluding hydrogens is 264 g/mol. The molecule has 1 aliphatic carbocycles. The van der Waals surface area contributed by atoms with Gasteiger partial charge in [-0.15, -0.1) is 0 Å². The van der Waals surface area contributed by atoms with Crippen molar-refractivity contribution in [2.45, 2.75) is 32.7 Å². The summed E-state index contributed by atoms with van der Waals surface area (Å²) in [7, 11) is 0. The minimum Gasteiger partial charge on any atom is -0.379 e. The first-order chi connectivity index (χ1) is 9.22. The molecule has 1 aromatic rings. The molecular formula is C13H21ClN4O. The molecule has 0 radical (unpaired) electrons. The molecule has 106 valence electrons. The summed E-state index contributed by atoms with van der Waals surface area (Å²) in [6, 6.07) is 0. The monoisotopic (exact) mass is 284 g/mol. The number of anilines is 1. The Morgan fingerprint density at radius 2 is 2.26 bits per heavy atom. The molecule has 1 fully saturated rings. The summed E-state index contributed by atoms with van der Waals surface area (Å²) in [5.74, 6) is 0.618. The Labute approximate surface area is 118 Å². The molecule has 0 amide bonds. The van der Waals surface area contributed by atoms with E-state index in [1.54, 1.807) is 6.20 Å². The van der Waals surface area contributed by atoms with Crippen LogP contribution in [0, 0.1) is 5.92 Å². The molecule has 1 saturated carbocycles. The predicted molar refractivity (Wildman–Crippen MR) is 77.9 cm³/mol. The Bertz CT molecular complexity index is 470. The highest BCUT2D eigenvalue weighted by Gasteiger charge is 2.23. The van der Waals surface area contributed by atoms with Gasteiger partial charge < -0.3 is 10.6 Å². The van der Waals surface area contributed by atoms with E-state index in [4.69, 9.17) is 11.6 Å². The van der Waals surface area contributed by atoms with Crippen molar-refractivity contribution >= 4 is 17.3 Å². The third kappa shape index (κ3) is 4.21. The maximum absolute atomic E-state index is 12.2. The van der Waals surface area contributed by atoms with Gasteiger partial charge in [0.25, 0.3) is 5.56 Å². The number of nitrogens with zero attached hydrogens (tertiary/aromatic N) is 2. The molecule has 2 rings (SSSR count). The van der Waals surface area contributed by atoms with Crippen LogP contribution in [0.2, 0.25) is 5.02 Å². The van der Waals surface area contributed by atoms with Crippen molar-refractivity contribution in [2.75, 3.05) is 25.0 Å². The third-order valence-corrected chi connectivity index (χ3v) is 3.49. The Morgan fingerprint density at radius 1 is 1.47 bits per heavy atom. The summed E-state index contributed by atoms with van der Waals surface area (Å²) in [5.41, 5.74) is 0.372. The standard InChI is InChI=1S/C13H21ClN4O/c1-2-15-6-3-7-16-12-11(14)8-17-18(13(12)19)9-10-4-5-10/h8,10,15-16H,2-7,9H2,1H3. The first-order valence-electron chi connectivity index (χ1n) is 6.92. The summed E-state index contributed by atoms with van der Waals surface area (Å²) in [6.07, 6.45) is 4.90. The Kier molecular flexibility index (Phi) is 5.22. The molecule has 2 N–H and O–H groups in total. The fraction of sp³-hybridized carbons (Fsp3) is 0.692. The van der Waals surface area contributed by atoms with Crippen molar-refractivity contribution in [3.8, 4) is 0 Å². The van der Waals surface area contributed by atoms with E-state index >= 15 is 0 Å². The number of hydrogen-bond donors (Lipinski definition) is 2. The lowest BCUT2D eigenvalue weighted by Crippen LogP contribution is -2.27. The average Bonchev–Trinajstić information content (AvgIpc) is 3.20. The van der Waals surface area contributed by atoms with Crippen LogP contribution in [0.15, 0.2) is 11.0 Å². The number of halogens is 1. The maximum atomic E-state index is 12.2. The minimum absolute atomic E-state index is 0.108. The van der Waals surface area contributed by atoms with Crippen LogP contribution in [0.25, 0.3) is 0 Å². The van der Waals surface area contributed by atoms with Crippen LogP contribution in [-0.2, 0) is 6.54 Å². The Morgan fingerprint density at radius 3 is 2.95 bits per heavy atom. The highest BCUT2D eigenvalue weighted by molar-refractivity contribution is 6.32. The summed E-state index contributed by atoms with van der Waals surface area (Å²) in [5, 5.41) is 10.9. The second kappa shape index (κ2) is 6.91. The molecule has 0 unspecified atom stereocenters. The molecule has 0 bridgehead atoms. The van der Waals surface area contributed by atoms with Gasteiger partial charge >= 0.3 is 0 Å². The van der Waals surface area contributed by atoms with Gasteiger partial charge in [-0.3, -0.25) is 4.79 Å². The zero-order valence-electron chi connectivity index (χ0n) is 11.3. The predicted octanol–water partition coefficient (Wildman–Crippen LogP) is 1.72. The van der Waals surface area contributed by atoms with E-state index < -0.39 is 0 Å². The molecule has 5 nitrogen and oxygen atoms in total. The summed E-state index contributed by atoms with van der Waals surface area (Å²) >= 11 is 6.04. The quantitative estimate of drug-likeness (QED) is 0.714. The lowest BCUT2D eigenvalue weighted by Gasteiger charge is -2.10. The molecule has 19 heavy (non-hydrogen) atoms. The second-order valence-electron chi connectivity index (χ2n) is 4.93. The van der Waals surface area contributed by atoms with Gasteiger partial charge in [0, 0.05) is 13.1 Å². The third-order valence-electron chi connectivity index (χ3n) is 3.21. The Hall–Kier alpha value is -1.07. The van der Waals surface area contributed by atoms with E-state index in [0.717, 1.165) is 26.1 Å².